The van der Waals surface area contributed by atoms with E-state index in [1.807, 2.05) is 21.1 Å². The lowest BCUT2D eigenvalue weighted by Crippen LogP contribution is -2.44. The molecule has 0 heterocycles. The largest absolute Gasteiger partial charge is 0.545 e. The second-order valence-corrected chi connectivity index (χ2v) is 17.7. The maximum atomic E-state index is 12.8. The quantitative estimate of drug-likeness (QED) is 0.0196. The molecule has 0 radical (unpaired) electrons. The Hall–Kier alpha value is -2.75. The molecule has 0 amide bonds. The first-order valence-corrected chi connectivity index (χ1v) is 24.8. The fraction of sp³-hybridized carbons (Fsp3) is 0.788. The molecule has 354 valence electrons. The minimum atomic E-state index is -1.62. The van der Waals surface area contributed by atoms with Crippen molar-refractivity contribution >= 4 is 17.9 Å². The number of carboxylic acid groups (broad SMARTS) is 1. The monoisotopic (exact) mass is 860 g/mol. The van der Waals surface area contributed by atoms with Crippen LogP contribution in [0.1, 0.15) is 206 Å². The van der Waals surface area contributed by atoms with E-state index in [2.05, 4.69) is 62.5 Å². The number of aliphatic carboxylic acids is 1. The average Bonchev–Trinajstić information content (AvgIpc) is 3.22. The Labute approximate surface area is 374 Å². The van der Waals surface area contributed by atoms with Crippen molar-refractivity contribution in [3.05, 3.63) is 48.6 Å². The van der Waals surface area contributed by atoms with Gasteiger partial charge in [0.15, 0.2) is 12.4 Å². The molecule has 0 aliphatic rings. The third-order valence-corrected chi connectivity index (χ3v) is 10.6. The van der Waals surface area contributed by atoms with Crippen molar-refractivity contribution in [2.45, 2.75) is 219 Å². The number of likely N-dealkylation sites (N-methyl/N-ethyl adjacent to an activating group) is 1. The molecule has 9 heteroatoms. The van der Waals surface area contributed by atoms with Crippen LogP contribution in [-0.4, -0.2) is 82.3 Å². The highest BCUT2D eigenvalue weighted by Crippen LogP contribution is 2.15. The summed E-state index contributed by atoms with van der Waals surface area (Å²) >= 11 is 0. The number of allylic oxidation sites excluding steroid dienone is 8. The van der Waals surface area contributed by atoms with Crippen LogP contribution in [0.15, 0.2) is 48.6 Å². The number of nitrogens with zero attached hydrogens (tertiary/aromatic N) is 1. The first-order valence-electron chi connectivity index (χ1n) is 24.8. The molecule has 2 atom stereocenters. The van der Waals surface area contributed by atoms with Crippen LogP contribution in [-0.2, 0) is 33.3 Å². The predicted molar refractivity (Wildman–Crippen MR) is 251 cm³/mol. The molecule has 0 aliphatic carbocycles. The lowest BCUT2D eigenvalue weighted by atomic mass is 10.0. The smallest absolute Gasteiger partial charge is 0.306 e. The summed E-state index contributed by atoms with van der Waals surface area (Å²) in [5.41, 5.74) is 0. The Morgan fingerprint density at radius 3 is 1.39 bits per heavy atom. The van der Waals surface area contributed by atoms with Gasteiger partial charge in [0.25, 0.3) is 0 Å². The van der Waals surface area contributed by atoms with E-state index in [0.717, 1.165) is 64.2 Å². The van der Waals surface area contributed by atoms with Gasteiger partial charge in [-0.3, -0.25) is 9.59 Å². The molecule has 0 aromatic heterocycles. The molecule has 9 nitrogen and oxygen atoms in total. The number of unbranched alkanes of at least 4 members (excludes halogenated alkanes) is 22. The van der Waals surface area contributed by atoms with E-state index in [-0.39, 0.29) is 32.2 Å². The molecule has 0 rings (SSSR count). The lowest BCUT2D eigenvalue weighted by molar-refractivity contribution is -0.870. The Balaban J connectivity index is 4.26. The van der Waals surface area contributed by atoms with Crippen molar-refractivity contribution in [2.24, 2.45) is 0 Å². The zero-order valence-electron chi connectivity index (χ0n) is 40.0. The molecule has 0 aromatic rings. The fourth-order valence-electron chi connectivity index (χ4n) is 6.76. The van der Waals surface area contributed by atoms with Crippen LogP contribution in [0, 0.1) is 0 Å². The summed E-state index contributed by atoms with van der Waals surface area (Å²) < 4.78 is 22.6. The highest BCUT2D eigenvalue weighted by molar-refractivity contribution is 5.70. The lowest BCUT2D eigenvalue weighted by Gasteiger charge is -2.26. The predicted octanol–water partition coefficient (Wildman–Crippen LogP) is 12.2. The topological polar surface area (TPSA) is 111 Å². The van der Waals surface area contributed by atoms with Crippen molar-refractivity contribution < 1.29 is 42.9 Å². The zero-order chi connectivity index (χ0) is 44.9. The summed E-state index contributed by atoms with van der Waals surface area (Å²) in [6.07, 6.45) is 48.6. The van der Waals surface area contributed by atoms with Gasteiger partial charge in [0.05, 0.1) is 40.3 Å². The van der Waals surface area contributed by atoms with Gasteiger partial charge in [-0.05, 0) is 51.4 Å². The van der Waals surface area contributed by atoms with Crippen LogP contribution >= 0.6 is 0 Å². The van der Waals surface area contributed by atoms with Crippen molar-refractivity contribution in [2.75, 3.05) is 47.5 Å². The molecule has 61 heavy (non-hydrogen) atoms. The molecule has 0 N–H and O–H groups in total. The van der Waals surface area contributed by atoms with E-state index < -0.39 is 24.3 Å². The number of carbonyl (C=O) groups excluding carboxylic acids is 3. The minimum absolute atomic E-state index is 0.148. The highest BCUT2D eigenvalue weighted by Gasteiger charge is 2.21. The highest BCUT2D eigenvalue weighted by atomic mass is 16.7. The number of ether oxygens (including phenoxy) is 4. The van der Waals surface area contributed by atoms with Gasteiger partial charge in [-0.2, -0.15) is 0 Å². The molecule has 0 fully saturated rings. The Kier molecular flexibility index (Phi) is 41.9. The number of carbonyl (C=O) groups is 3. The summed E-state index contributed by atoms with van der Waals surface area (Å²) in [7, 11) is 5.91. The molecule has 0 saturated carbocycles. The number of carboxylic acids is 1. The van der Waals surface area contributed by atoms with E-state index in [0.29, 0.717) is 23.9 Å². The van der Waals surface area contributed by atoms with E-state index >= 15 is 0 Å². The van der Waals surface area contributed by atoms with Gasteiger partial charge in [-0.1, -0.05) is 191 Å². The summed E-state index contributed by atoms with van der Waals surface area (Å²) in [5, 5.41) is 11.7. The van der Waals surface area contributed by atoms with E-state index in [9.17, 15) is 19.5 Å². The van der Waals surface area contributed by atoms with Crippen LogP contribution in [0.2, 0.25) is 0 Å². The minimum Gasteiger partial charge on any atom is -0.545 e. The van der Waals surface area contributed by atoms with Gasteiger partial charge in [-0.25, -0.2) is 0 Å². The van der Waals surface area contributed by atoms with Gasteiger partial charge >= 0.3 is 11.9 Å². The third-order valence-electron chi connectivity index (χ3n) is 10.6. The molecule has 0 bridgehead atoms. The maximum absolute atomic E-state index is 12.8. The Morgan fingerprint density at radius 2 is 0.934 bits per heavy atom. The second kappa shape index (κ2) is 43.9. The first kappa shape index (κ1) is 58.2. The van der Waals surface area contributed by atoms with Crippen LogP contribution in [0.3, 0.4) is 0 Å². The molecule has 0 aromatic carbocycles. The van der Waals surface area contributed by atoms with Gasteiger partial charge in [0, 0.05) is 12.8 Å². The van der Waals surface area contributed by atoms with Crippen LogP contribution in [0.4, 0.5) is 0 Å². The van der Waals surface area contributed by atoms with Crippen molar-refractivity contribution in [3.8, 4) is 0 Å². The number of hydrogen-bond acceptors (Lipinski definition) is 8. The van der Waals surface area contributed by atoms with E-state index in [1.165, 1.54) is 109 Å². The number of hydrogen-bond donors (Lipinski definition) is 0. The molecule has 0 aliphatic heterocycles. The standard InChI is InChI=1S/C52H93NO8/c1-6-8-10-12-14-16-18-19-20-21-22-23-24-25-26-27-28-29-30-31-33-35-37-39-41-43-50(55)61-48(47-60-52(51(56)57)58-45-44-53(3,4)5)46-59-49(54)42-40-38-36-34-32-17-15-13-11-9-7-2/h8,10,14,16,19-20,22-23,48,52H,6-7,9,11-13,15,17-18,21,24-47H2,1-5H3/b10-8-,16-14-,20-19-,23-22-. The number of esters is 2. The molecule has 2 unspecified atom stereocenters. The van der Waals surface area contributed by atoms with Crippen LogP contribution < -0.4 is 5.11 Å². The second-order valence-electron chi connectivity index (χ2n) is 17.7. The van der Waals surface area contributed by atoms with Gasteiger partial charge in [-0.15, -0.1) is 0 Å². The summed E-state index contributed by atoms with van der Waals surface area (Å²) in [6, 6.07) is 0. The maximum Gasteiger partial charge on any atom is 0.306 e. The average molecular weight is 860 g/mol. The molecular weight excluding hydrogens is 767 g/mol. The van der Waals surface area contributed by atoms with Crippen molar-refractivity contribution in [1.29, 1.82) is 0 Å². The summed E-state index contributed by atoms with van der Waals surface area (Å²) in [5.74, 6) is -2.28. The summed E-state index contributed by atoms with van der Waals surface area (Å²) in [6.45, 7) is 4.62. The Morgan fingerprint density at radius 1 is 0.508 bits per heavy atom. The van der Waals surface area contributed by atoms with Crippen molar-refractivity contribution in [1.82, 2.24) is 0 Å². The molecular formula is C52H93NO8. The van der Waals surface area contributed by atoms with Crippen LogP contribution in [0.25, 0.3) is 0 Å². The van der Waals surface area contributed by atoms with Crippen LogP contribution in [0.5, 0.6) is 0 Å². The molecule has 0 saturated heterocycles. The number of rotatable bonds is 45. The fourth-order valence-corrected chi connectivity index (χ4v) is 6.76. The first-order chi connectivity index (χ1) is 29.6. The third kappa shape index (κ3) is 45.1. The Bertz CT molecular complexity index is 1140. The normalized spacial score (nSPS) is 13.3. The van der Waals surface area contributed by atoms with E-state index in [1.54, 1.807) is 0 Å². The van der Waals surface area contributed by atoms with Gasteiger partial charge in [0.1, 0.15) is 13.2 Å². The molecule has 0 spiro atoms. The van der Waals surface area contributed by atoms with E-state index in [4.69, 9.17) is 18.9 Å². The van der Waals surface area contributed by atoms with Gasteiger partial charge in [0.2, 0.25) is 0 Å². The zero-order valence-corrected chi connectivity index (χ0v) is 40.0. The van der Waals surface area contributed by atoms with Crippen molar-refractivity contribution in [3.63, 3.8) is 0 Å². The SMILES string of the molecule is CC/C=C\C/C=C\C/C=C\C/C=C\CCCCCCCCCCCCCCC(=O)OC(COC(=O)CCCCCCCCCCCCC)COC(OCC[N+](C)(C)C)C(=O)[O-]. The summed E-state index contributed by atoms with van der Waals surface area (Å²) in [4.78, 5) is 37.0. The number of quaternary nitrogens is 1. The van der Waals surface area contributed by atoms with Gasteiger partial charge < -0.3 is 33.3 Å².